The third-order valence-electron chi connectivity index (χ3n) is 2.80. The van der Waals surface area contributed by atoms with E-state index in [-0.39, 0.29) is 29.4 Å². The molecule has 0 aliphatic rings. The van der Waals surface area contributed by atoms with Crippen molar-refractivity contribution in [2.75, 3.05) is 12.8 Å². The van der Waals surface area contributed by atoms with Crippen molar-refractivity contribution in [1.82, 2.24) is 0 Å². The molecule has 3 nitrogen and oxygen atoms in total. The van der Waals surface area contributed by atoms with Crippen LogP contribution in [0, 0.1) is 17.5 Å². The minimum atomic E-state index is -1.06. The topological polar surface area (TPSA) is 44.5 Å². The van der Waals surface area contributed by atoms with Gasteiger partial charge in [-0.25, -0.2) is 13.2 Å². The molecule has 21 heavy (non-hydrogen) atoms. The molecule has 0 unspecified atom stereocenters. The molecule has 2 rings (SSSR count). The second-order valence-corrected chi connectivity index (χ2v) is 4.99. The fraction of sp³-hybridized carbons (Fsp3) is 0.143. The third-order valence-corrected chi connectivity index (χ3v) is 3.42. The molecule has 7 heteroatoms. The maximum absolute atomic E-state index is 13.8. The van der Waals surface area contributed by atoms with Gasteiger partial charge >= 0.3 is 0 Å². The van der Waals surface area contributed by atoms with Gasteiger partial charge < -0.3 is 15.2 Å². The minimum absolute atomic E-state index is 0.0766. The van der Waals surface area contributed by atoms with Gasteiger partial charge in [0.1, 0.15) is 23.9 Å². The highest BCUT2D eigenvalue weighted by molar-refractivity contribution is 9.10. The fourth-order valence-corrected chi connectivity index (χ4v) is 2.14. The lowest BCUT2D eigenvalue weighted by Gasteiger charge is -2.13. The van der Waals surface area contributed by atoms with Gasteiger partial charge in [-0.3, -0.25) is 0 Å². The third kappa shape index (κ3) is 3.24. The van der Waals surface area contributed by atoms with Crippen molar-refractivity contribution >= 4 is 21.6 Å². The van der Waals surface area contributed by atoms with Crippen molar-refractivity contribution in [3.8, 4) is 11.5 Å². The highest BCUT2D eigenvalue weighted by Crippen LogP contribution is 2.31. The number of nitrogens with two attached hydrogens (primary N) is 1. The van der Waals surface area contributed by atoms with Crippen molar-refractivity contribution in [2.24, 2.45) is 0 Å². The lowest BCUT2D eigenvalue weighted by atomic mass is 10.2. The first-order valence-corrected chi connectivity index (χ1v) is 6.61. The van der Waals surface area contributed by atoms with E-state index in [0.717, 1.165) is 12.1 Å². The van der Waals surface area contributed by atoms with Crippen LogP contribution in [0.5, 0.6) is 11.5 Å². The molecule has 0 aliphatic heterocycles. The van der Waals surface area contributed by atoms with E-state index in [9.17, 15) is 13.2 Å². The summed E-state index contributed by atoms with van der Waals surface area (Å²) in [6.07, 6.45) is 0. The number of rotatable bonds is 4. The highest BCUT2D eigenvalue weighted by atomic mass is 79.9. The maximum atomic E-state index is 13.8. The predicted octanol–water partition coefficient (Wildman–Crippen LogP) is 4.04. The summed E-state index contributed by atoms with van der Waals surface area (Å²) in [5, 5.41) is 0. The van der Waals surface area contributed by atoms with E-state index in [2.05, 4.69) is 15.9 Å². The molecule has 0 aromatic heterocycles. The lowest BCUT2D eigenvalue weighted by molar-refractivity contribution is 0.284. The number of nitrogen functional groups attached to an aromatic ring is 1. The van der Waals surface area contributed by atoms with Crippen molar-refractivity contribution in [2.45, 2.75) is 6.61 Å². The Hall–Kier alpha value is -1.89. The number of benzene rings is 2. The largest absolute Gasteiger partial charge is 0.496 e. The standard InChI is InChI=1S/C14H11BrF3NO2/c1-20-12-3-2-9(16)14(18)7(12)6-21-13-5-11(19)10(17)4-8(13)15/h2-5H,6,19H2,1H3. The second-order valence-electron chi connectivity index (χ2n) is 4.13. The Labute approximate surface area is 127 Å². The molecule has 0 amide bonds. The molecular formula is C14H11BrF3NO2. The zero-order valence-corrected chi connectivity index (χ0v) is 12.5. The summed E-state index contributed by atoms with van der Waals surface area (Å²) >= 11 is 3.10. The molecule has 0 fully saturated rings. The van der Waals surface area contributed by atoms with Gasteiger partial charge in [0.25, 0.3) is 0 Å². The summed E-state index contributed by atoms with van der Waals surface area (Å²) in [6, 6.07) is 4.64. The van der Waals surface area contributed by atoms with Gasteiger partial charge in [0.2, 0.25) is 0 Å². The fourth-order valence-electron chi connectivity index (χ4n) is 1.71. The van der Waals surface area contributed by atoms with E-state index in [0.29, 0.717) is 4.47 Å². The Kier molecular flexibility index (Phi) is 4.62. The SMILES string of the molecule is COc1ccc(F)c(F)c1COc1cc(N)c(F)cc1Br. The minimum Gasteiger partial charge on any atom is -0.496 e. The van der Waals surface area contributed by atoms with E-state index in [1.165, 1.54) is 19.2 Å². The van der Waals surface area contributed by atoms with E-state index in [4.69, 9.17) is 15.2 Å². The summed E-state index contributed by atoms with van der Waals surface area (Å²) in [5.74, 6) is -2.31. The Balaban J connectivity index is 2.28. The molecule has 0 spiro atoms. The van der Waals surface area contributed by atoms with E-state index in [1.54, 1.807) is 0 Å². The number of hydrogen-bond donors (Lipinski definition) is 1. The van der Waals surface area contributed by atoms with Crippen LogP contribution in [0.1, 0.15) is 5.56 Å². The number of ether oxygens (including phenoxy) is 2. The van der Waals surface area contributed by atoms with Crippen molar-refractivity contribution in [1.29, 1.82) is 0 Å². The van der Waals surface area contributed by atoms with E-state index in [1.807, 2.05) is 0 Å². The summed E-state index contributed by atoms with van der Waals surface area (Å²) in [7, 11) is 1.34. The van der Waals surface area contributed by atoms with Crippen molar-refractivity contribution in [3.05, 3.63) is 51.8 Å². The summed E-state index contributed by atoms with van der Waals surface area (Å²) in [4.78, 5) is 0. The van der Waals surface area contributed by atoms with Crippen LogP contribution in [-0.2, 0) is 6.61 Å². The smallest absolute Gasteiger partial charge is 0.169 e. The molecule has 0 saturated carbocycles. The van der Waals surface area contributed by atoms with Crippen molar-refractivity contribution in [3.63, 3.8) is 0 Å². The Morgan fingerprint density at radius 1 is 1.10 bits per heavy atom. The molecule has 0 aliphatic carbocycles. The number of anilines is 1. The van der Waals surface area contributed by atoms with Crippen LogP contribution in [-0.4, -0.2) is 7.11 Å². The molecule has 112 valence electrons. The molecule has 0 heterocycles. The molecule has 0 radical (unpaired) electrons. The van der Waals surface area contributed by atoms with Crippen LogP contribution < -0.4 is 15.2 Å². The first-order chi connectivity index (χ1) is 9.93. The average molecular weight is 362 g/mol. The van der Waals surface area contributed by atoms with Crippen LogP contribution in [0.2, 0.25) is 0 Å². The Morgan fingerprint density at radius 3 is 2.48 bits per heavy atom. The molecule has 0 saturated heterocycles. The number of hydrogen-bond acceptors (Lipinski definition) is 3. The molecule has 0 atom stereocenters. The number of halogens is 4. The first-order valence-electron chi connectivity index (χ1n) is 5.82. The average Bonchev–Trinajstić information content (AvgIpc) is 2.45. The van der Waals surface area contributed by atoms with E-state index < -0.39 is 17.5 Å². The zero-order chi connectivity index (χ0) is 15.6. The molecular weight excluding hydrogens is 351 g/mol. The summed E-state index contributed by atoms with van der Waals surface area (Å²) in [6.45, 7) is -0.295. The predicted molar refractivity (Wildman–Crippen MR) is 75.8 cm³/mol. The van der Waals surface area contributed by atoms with Gasteiger partial charge in [-0.05, 0) is 34.1 Å². The Morgan fingerprint density at radius 2 is 1.81 bits per heavy atom. The van der Waals surface area contributed by atoms with Crippen LogP contribution >= 0.6 is 15.9 Å². The first kappa shape index (κ1) is 15.5. The molecule has 2 aromatic rings. The summed E-state index contributed by atoms with van der Waals surface area (Å²) in [5.41, 5.74) is 5.25. The van der Waals surface area contributed by atoms with E-state index >= 15 is 0 Å². The van der Waals surface area contributed by atoms with Crippen LogP contribution in [0.3, 0.4) is 0 Å². The van der Waals surface area contributed by atoms with Crippen LogP contribution in [0.25, 0.3) is 0 Å². The van der Waals surface area contributed by atoms with Gasteiger partial charge in [-0.1, -0.05) is 0 Å². The maximum Gasteiger partial charge on any atom is 0.169 e. The normalized spacial score (nSPS) is 10.5. The van der Waals surface area contributed by atoms with Crippen LogP contribution in [0.15, 0.2) is 28.7 Å². The quantitative estimate of drug-likeness (QED) is 0.836. The Bertz CT molecular complexity index is 680. The second kappa shape index (κ2) is 6.26. The molecule has 2 aromatic carbocycles. The monoisotopic (exact) mass is 361 g/mol. The molecule has 2 N–H and O–H groups in total. The lowest BCUT2D eigenvalue weighted by Crippen LogP contribution is -2.04. The van der Waals surface area contributed by atoms with Gasteiger partial charge in [-0.15, -0.1) is 0 Å². The zero-order valence-electron chi connectivity index (χ0n) is 10.9. The number of methoxy groups -OCH3 is 1. The summed E-state index contributed by atoms with van der Waals surface area (Å²) < 4.78 is 50.9. The van der Waals surface area contributed by atoms with Gasteiger partial charge in [-0.2, -0.15) is 0 Å². The highest BCUT2D eigenvalue weighted by Gasteiger charge is 2.16. The van der Waals surface area contributed by atoms with Gasteiger partial charge in [0.05, 0.1) is 22.8 Å². The molecule has 0 bridgehead atoms. The van der Waals surface area contributed by atoms with Gasteiger partial charge in [0, 0.05) is 6.07 Å². The van der Waals surface area contributed by atoms with Crippen LogP contribution in [0.4, 0.5) is 18.9 Å². The van der Waals surface area contributed by atoms with Crippen molar-refractivity contribution < 1.29 is 22.6 Å². The van der Waals surface area contributed by atoms with Gasteiger partial charge in [0.15, 0.2) is 11.6 Å².